The van der Waals surface area contributed by atoms with Crippen molar-refractivity contribution >= 4 is 5.96 Å². The molecule has 168 valence electrons. The molecule has 1 atom stereocenters. The zero-order chi connectivity index (χ0) is 21.9. The van der Waals surface area contributed by atoms with Crippen molar-refractivity contribution in [3.05, 3.63) is 53.6 Å². The van der Waals surface area contributed by atoms with Crippen molar-refractivity contribution in [3.8, 4) is 17.2 Å². The Labute approximate surface area is 184 Å². The lowest BCUT2D eigenvalue weighted by Crippen LogP contribution is -2.37. The van der Waals surface area contributed by atoms with E-state index in [0.29, 0.717) is 19.8 Å². The first-order chi connectivity index (χ1) is 15.2. The molecule has 7 nitrogen and oxygen atoms in total. The van der Waals surface area contributed by atoms with E-state index in [1.54, 1.807) is 14.2 Å². The minimum atomic E-state index is 0.127. The lowest BCUT2D eigenvalue weighted by Gasteiger charge is -2.18. The van der Waals surface area contributed by atoms with Crippen LogP contribution < -0.4 is 24.8 Å². The molecule has 0 radical (unpaired) electrons. The van der Waals surface area contributed by atoms with Gasteiger partial charge in [0.25, 0.3) is 0 Å². The van der Waals surface area contributed by atoms with E-state index in [0.717, 1.165) is 54.8 Å². The van der Waals surface area contributed by atoms with Crippen LogP contribution >= 0.6 is 0 Å². The fourth-order valence-electron chi connectivity index (χ4n) is 3.26. The summed E-state index contributed by atoms with van der Waals surface area (Å²) in [5.41, 5.74) is 2.28. The summed E-state index contributed by atoms with van der Waals surface area (Å²) in [6, 6.07) is 13.9. The maximum absolute atomic E-state index is 6.17. The molecular formula is C24H33N3O4. The molecule has 1 aliphatic heterocycles. The Morgan fingerprint density at radius 3 is 2.81 bits per heavy atom. The van der Waals surface area contributed by atoms with Gasteiger partial charge < -0.3 is 29.6 Å². The highest BCUT2D eigenvalue weighted by molar-refractivity contribution is 5.79. The number of nitrogens with zero attached hydrogens (tertiary/aromatic N) is 1. The fourth-order valence-corrected chi connectivity index (χ4v) is 3.26. The molecule has 1 unspecified atom stereocenters. The fraction of sp³-hybridized carbons (Fsp3) is 0.458. The first-order valence-electron chi connectivity index (χ1n) is 10.7. The van der Waals surface area contributed by atoms with Gasteiger partial charge in [-0.05, 0) is 37.1 Å². The van der Waals surface area contributed by atoms with Gasteiger partial charge in [0.15, 0.2) is 5.96 Å². The van der Waals surface area contributed by atoms with Gasteiger partial charge in [0.1, 0.15) is 23.4 Å². The minimum Gasteiger partial charge on any atom is -0.497 e. The van der Waals surface area contributed by atoms with Crippen LogP contribution in [0.5, 0.6) is 17.2 Å². The molecule has 0 aliphatic carbocycles. The molecule has 0 spiro atoms. The number of hydrogen-bond acceptors (Lipinski definition) is 5. The number of hydrogen-bond donors (Lipinski definition) is 2. The Kier molecular flexibility index (Phi) is 8.84. The Hall–Kier alpha value is -2.93. The lowest BCUT2D eigenvalue weighted by molar-refractivity contribution is 0.140. The van der Waals surface area contributed by atoms with Crippen LogP contribution in [0, 0.1) is 6.92 Å². The van der Waals surface area contributed by atoms with Crippen molar-refractivity contribution in [1.29, 1.82) is 0 Å². The molecule has 0 amide bonds. The van der Waals surface area contributed by atoms with Gasteiger partial charge in [0.05, 0.1) is 26.9 Å². The van der Waals surface area contributed by atoms with Gasteiger partial charge in [0.2, 0.25) is 0 Å². The van der Waals surface area contributed by atoms with E-state index in [-0.39, 0.29) is 6.10 Å². The molecule has 7 heteroatoms. The summed E-state index contributed by atoms with van der Waals surface area (Å²) in [7, 11) is 3.42. The van der Waals surface area contributed by atoms with Gasteiger partial charge >= 0.3 is 0 Å². The number of benzene rings is 2. The highest BCUT2D eigenvalue weighted by Gasteiger charge is 2.18. The van der Waals surface area contributed by atoms with Crippen LogP contribution in [0.25, 0.3) is 0 Å². The Balaban J connectivity index is 1.42. The van der Waals surface area contributed by atoms with E-state index in [1.807, 2.05) is 24.3 Å². The molecule has 1 saturated heterocycles. The number of guanidine groups is 1. The van der Waals surface area contributed by atoms with E-state index in [2.05, 4.69) is 40.7 Å². The summed E-state index contributed by atoms with van der Waals surface area (Å²) < 4.78 is 22.6. The number of aryl methyl sites for hydroxylation is 1. The van der Waals surface area contributed by atoms with Gasteiger partial charge in [-0.15, -0.1) is 0 Å². The standard InChI is InChI=1S/C24H33N3O4/c1-18-8-9-19(23(14-18)31-22-10-13-29-17-22)16-27-24(25-2)26-11-5-12-30-21-7-4-6-20(15-21)28-3/h4,6-9,14-15,22H,5,10-13,16-17H2,1-3H3,(H2,25,26,27). The predicted octanol–water partition coefficient (Wildman–Crippen LogP) is 3.31. The number of nitrogens with one attached hydrogen (secondary N) is 2. The smallest absolute Gasteiger partial charge is 0.191 e. The van der Waals surface area contributed by atoms with Crippen LogP contribution in [0.3, 0.4) is 0 Å². The molecule has 2 aromatic rings. The SMILES string of the molecule is CN=C(NCCCOc1cccc(OC)c1)NCc1ccc(C)cc1OC1CCOC1. The maximum atomic E-state index is 6.17. The zero-order valence-corrected chi connectivity index (χ0v) is 18.6. The molecule has 2 aromatic carbocycles. The van der Waals surface area contributed by atoms with Crippen molar-refractivity contribution in [3.63, 3.8) is 0 Å². The molecule has 2 N–H and O–H groups in total. The average Bonchev–Trinajstić information content (AvgIpc) is 3.30. The molecule has 31 heavy (non-hydrogen) atoms. The second kappa shape index (κ2) is 12.1. The molecular weight excluding hydrogens is 394 g/mol. The molecule has 1 heterocycles. The summed E-state index contributed by atoms with van der Waals surface area (Å²) >= 11 is 0. The van der Waals surface area contributed by atoms with Crippen LogP contribution in [0.2, 0.25) is 0 Å². The maximum Gasteiger partial charge on any atom is 0.191 e. The summed E-state index contributed by atoms with van der Waals surface area (Å²) in [5.74, 6) is 3.25. The van der Waals surface area contributed by atoms with Gasteiger partial charge in [-0.1, -0.05) is 18.2 Å². The summed E-state index contributed by atoms with van der Waals surface area (Å²) in [6.45, 7) is 5.48. The van der Waals surface area contributed by atoms with E-state index in [1.165, 1.54) is 5.56 Å². The summed E-state index contributed by atoms with van der Waals surface area (Å²) in [6.07, 6.45) is 1.91. The van der Waals surface area contributed by atoms with Gasteiger partial charge in [0, 0.05) is 38.2 Å². The van der Waals surface area contributed by atoms with E-state index < -0.39 is 0 Å². The highest BCUT2D eigenvalue weighted by Crippen LogP contribution is 2.24. The van der Waals surface area contributed by atoms with Crippen LogP contribution in [-0.4, -0.2) is 52.6 Å². The van der Waals surface area contributed by atoms with Crippen LogP contribution in [-0.2, 0) is 11.3 Å². The van der Waals surface area contributed by atoms with Gasteiger partial charge in [-0.2, -0.15) is 0 Å². The zero-order valence-electron chi connectivity index (χ0n) is 18.6. The van der Waals surface area contributed by atoms with Crippen molar-refractivity contribution in [2.45, 2.75) is 32.4 Å². The third kappa shape index (κ3) is 7.36. The quantitative estimate of drug-likeness (QED) is 0.344. The van der Waals surface area contributed by atoms with Crippen LogP contribution in [0.15, 0.2) is 47.5 Å². The van der Waals surface area contributed by atoms with Gasteiger partial charge in [-0.25, -0.2) is 0 Å². The van der Waals surface area contributed by atoms with Crippen molar-refractivity contribution < 1.29 is 18.9 Å². The van der Waals surface area contributed by atoms with E-state index in [4.69, 9.17) is 18.9 Å². The van der Waals surface area contributed by atoms with E-state index in [9.17, 15) is 0 Å². The second-order valence-electron chi connectivity index (χ2n) is 7.45. The molecule has 3 rings (SSSR count). The first-order valence-corrected chi connectivity index (χ1v) is 10.7. The minimum absolute atomic E-state index is 0.127. The average molecular weight is 428 g/mol. The second-order valence-corrected chi connectivity index (χ2v) is 7.45. The number of rotatable bonds is 10. The largest absolute Gasteiger partial charge is 0.497 e. The Morgan fingerprint density at radius 2 is 2.03 bits per heavy atom. The molecule has 0 aromatic heterocycles. The number of ether oxygens (including phenoxy) is 4. The van der Waals surface area contributed by atoms with Gasteiger partial charge in [-0.3, -0.25) is 4.99 Å². The molecule has 0 saturated carbocycles. The molecule has 1 fully saturated rings. The normalized spacial score (nSPS) is 16.1. The van der Waals surface area contributed by atoms with Crippen molar-refractivity contribution in [1.82, 2.24) is 10.6 Å². The lowest BCUT2D eigenvalue weighted by atomic mass is 10.1. The predicted molar refractivity (Wildman–Crippen MR) is 122 cm³/mol. The van der Waals surface area contributed by atoms with Crippen LogP contribution in [0.1, 0.15) is 24.0 Å². The first kappa shape index (κ1) is 22.7. The topological polar surface area (TPSA) is 73.3 Å². The van der Waals surface area contributed by atoms with E-state index >= 15 is 0 Å². The monoisotopic (exact) mass is 427 g/mol. The molecule has 1 aliphatic rings. The summed E-state index contributed by atoms with van der Waals surface area (Å²) in [4.78, 5) is 4.31. The molecule has 0 bridgehead atoms. The Morgan fingerprint density at radius 1 is 1.16 bits per heavy atom. The number of methoxy groups -OCH3 is 1. The Bertz CT molecular complexity index is 850. The summed E-state index contributed by atoms with van der Waals surface area (Å²) in [5, 5.41) is 6.69. The third-order valence-electron chi connectivity index (χ3n) is 5.00. The van der Waals surface area contributed by atoms with Crippen molar-refractivity contribution in [2.24, 2.45) is 4.99 Å². The number of aliphatic imine (C=N–C) groups is 1. The van der Waals surface area contributed by atoms with Crippen molar-refractivity contribution in [2.75, 3.05) is 40.5 Å². The highest BCUT2D eigenvalue weighted by atomic mass is 16.5. The van der Waals surface area contributed by atoms with Crippen LogP contribution in [0.4, 0.5) is 0 Å². The third-order valence-corrected chi connectivity index (χ3v) is 5.00.